The molecular formula is C17H19N5O. The van der Waals surface area contributed by atoms with Crippen molar-refractivity contribution in [3.05, 3.63) is 41.1 Å². The summed E-state index contributed by atoms with van der Waals surface area (Å²) in [7, 11) is 1.84. The highest BCUT2D eigenvalue weighted by atomic mass is 16.2. The van der Waals surface area contributed by atoms with Gasteiger partial charge in [0.15, 0.2) is 5.65 Å². The van der Waals surface area contributed by atoms with Gasteiger partial charge in [0.1, 0.15) is 5.82 Å². The Labute approximate surface area is 133 Å². The van der Waals surface area contributed by atoms with Crippen LogP contribution in [0.15, 0.2) is 24.3 Å². The van der Waals surface area contributed by atoms with Crippen molar-refractivity contribution < 1.29 is 4.79 Å². The van der Waals surface area contributed by atoms with Gasteiger partial charge in [-0.2, -0.15) is 10.2 Å². The number of fused-ring (bicyclic) bond motifs is 1. The van der Waals surface area contributed by atoms with Crippen LogP contribution in [-0.2, 0) is 11.8 Å². The molecule has 0 unspecified atom stereocenters. The first-order chi connectivity index (χ1) is 11.1. The molecule has 0 saturated heterocycles. The second-order valence-electron chi connectivity index (χ2n) is 6.30. The smallest absolute Gasteiger partial charge is 0.229 e. The van der Waals surface area contributed by atoms with Crippen molar-refractivity contribution in [2.24, 2.45) is 13.0 Å². The van der Waals surface area contributed by atoms with Crippen LogP contribution in [0.1, 0.15) is 29.2 Å². The van der Waals surface area contributed by atoms with Gasteiger partial charge >= 0.3 is 0 Å². The zero-order valence-corrected chi connectivity index (χ0v) is 13.4. The molecule has 118 valence electrons. The van der Waals surface area contributed by atoms with Crippen molar-refractivity contribution in [1.29, 1.82) is 0 Å². The molecule has 23 heavy (non-hydrogen) atoms. The van der Waals surface area contributed by atoms with Gasteiger partial charge in [-0.1, -0.05) is 24.3 Å². The molecule has 2 N–H and O–H groups in total. The van der Waals surface area contributed by atoms with E-state index in [1.165, 1.54) is 11.1 Å². The number of nitrogens with zero attached hydrogens (tertiary/aromatic N) is 3. The summed E-state index contributed by atoms with van der Waals surface area (Å²) in [4.78, 5) is 12.5. The number of anilines is 1. The lowest BCUT2D eigenvalue weighted by atomic mass is 10.0. The highest BCUT2D eigenvalue weighted by Crippen LogP contribution is 2.49. The molecule has 1 aliphatic carbocycles. The van der Waals surface area contributed by atoms with Crippen LogP contribution in [0.5, 0.6) is 0 Å². The average Bonchev–Trinajstić information content (AvgIpc) is 3.12. The molecule has 3 aromatic rings. The Hall–Kier alpha value is -2.63. The van der Waals surface area contributed by atoms with E-state index in [9.17, 15) is 4.79 Å². The van der Waals surface area contributed by atoms with Crippen molar-refractivity contribution in [1.82, 2.24) is 20.0 Å². The molecule has 2 heterocycles. The Morgan fingerprint density at radius 2 is 2.13 bits per heavy atom. The Kier molecular flexibility index (Phi) is 3.01. The van der Waals surface area contributed by atoms with Gasteiger partial charge in [0.25, 0.3) is 0 Å². The Balaban J connectivity index is 1.54. The molecule has 0 aliphatic heterocycles. The second kappa shape index (κ2) is 4.94. The molecule has 6 heteroatoms. The highest BCUT2D eigenvalue weighted by molar-refractivity contribution is 6.02. The predicted molar refractivity (Wildman–Crippen MR) is 88.3 cm³/mol. The predicted octanol–water partition coefficient (Wildman–Crippen LogP) is 2.66. The monoisotopic (exact) mass is 309 g/mol. The molecule has 1 aliphatic rings. The molecule has 0 bridgehead atoms. The number of hydrogen-bond donors (Lipinski definition) is 2. The number of aromatic nitrogens is 4. The van der Waals surface area contributed by atoms with Gasteiger partial charge < -0.3 is 5.32 Å². The van der Waals surface area contributed by atoms with Crippen molar-refractivity contribution in [2.45, 2.75) is 26.2 Å². The molecule has 0 radical (unpaired) electrons. The summed E-state index contributed by atoms with van der Waals surface area (Å²) >= 11 is 0. The maximum Gasteiger partial charge on any atom is 0.229 e. The molecule has 2 atom stereocenters. The van der Waals surface area contributed by atoms with Gasteiger partial charge in [-0.15, -0.1) is 0 Å². The highest BCUT2D eigenvalue weighted by Gasteiger charge is 2.44. The summed E-state index contributed by atoms with van der Waals surface area (Å²) in [5.74, 6) is 1.05. The molecule has 2 aromatic heterocycles. The Bertz CT molecular complexity index is 907. The maximum atomic E-state index is 12.5. The van der Waals surface area contributed by atoms with E-state index in [1.807, 2.05) is 26.1 Å². The first-order valence-corrected chi connectivity index (χ1v) is 7.80. The Morgan fingerprint density at radius 1 is 1.35 bits per heavy atom. The zero-order valence-electron chi connectivity index (χ0n) is 13.4. The summed E-state index contributed by atoms with van der Waals surface area (Å²) in [5.41, 5.74) is 4.14. The molecular weight excluding hydrogens is 290 g/mol. The SMILES string of the molecule is Cc1ccccc1[C@@H]1C[C@@H]1C(=O)Nc1[nH]nc2c1c(C)nn2C. The summed E-state index contributed by atoms with van der Waals surface area (Å²) in [6, 6.07) is 8.28. The average molecular weight is 309 g/mol. The lowest BCUT2D eigenvalue weighted by Crippen LogP contribution is -2.15. The van der Waals surface area contributed by atoms with Crippen molar-refractivity contribution in [2.75, 3.05) is 5.32 Å². The topological polar surface area (TPSA) is 75.6 Å². The number of amides is 1. The maximum absolute atomic E-state index is 12.5. The molecule has 4 rings (SSSR count). The van der Waals surface area contributed by atoms with Crippen molar-refractivity contribution in [3.8, 4) is 0 Å². The van der Waals surface area contributed by atoms with Crippen LogP contribution in [0, 0.1) is 19.8 Å². The van der Waals surface area contributed by atoms with Crippen LogP contribution in [0.3, 0.4) is 0 Å². The minimum absolute atomic E-state index is 0.0337. The summed E-state index contributed by atoms with van der Waals surface area (Å²) in [5, 5.41) is 15.3. The van der Waals surface area contributed by atoms with Gasteiger partial charge in [0, 0.05) is 13.0 Å². The van der Waals surface area contributed by atoms with E-state index in [-0.39, 0.29) is 11.8 Å². The van der Waals surface area contributed by atoms with Crippen LogP contribution in [0.25, 0.3) is 11.0 Å². The van der Waals surface area contributed by atoms with E-state index < -0.39 is 0 Å². The summed E-state index contributed by atoms with van der Waals surface area (Å²) in [6.45, 7) is 4.01. The second-order valence-corrected chi connectivity index (χ2v) is 6.30. The molecule has 6 nitrogen and oxygen atoms in total. The molecule has 1 aromatic carbocycles. The third kappa shape index (κ3) is 2.21. The quantitative estimate of drug-likeness (QED) is 0.781. The van der Waals surface area contributed by atoms with E-state index in [1.54, 1.807) is 4.68 Å². The minimum atomic E-state index is 0.0337. The minimum Gasteiger partial charge on any atom is -0.310 e. The van der Waals surface area contributed by atoms with Crippen LogP contribution in [0.4, 0.5) is 5.82 Å². The molecule has 0 spiro atoms. The summed E-state index contributed by atoms with van der Waals surface area (Å²) in [6.07, 6.45) is 0.903. The first-order valence-electron chi connectivity index (χ1n) is 7.80. The number of rotatable bonds is 3. The van der Waals surface area contributed by atoms with E-state index in [0.717, 1.165) is 23.1 Å². The van der Waals surface area contributed by atoms with E-state index in [0.29, 0.717) is 11.7 Å². The van der Waals surface area contributed by atoms with E-state index >= 15 is 0 Å². The molecule has 1 fully saturated rings. The number of hydrogen-bond acceptors (Lipinski definition) is 3. The number of benzene rings is 1. The van der Waals surface area contributed by atoms with E-state index in [2.05, 4.69) is 39.7 Å². The zero-order chi connectivity index (χ0) is 16.1. The van der Waals surface area contributed by atoms with Gasteiger partial charge in [-0.25, -0.2) is 4.68 Å². The lowest BCUT2D eigenvalue weighted by molar-refractivity contribution is -0.117. The fourth-order valence-electron chi connectivity index (χ4n) is 3.37. The normalized spacial score (nSPS) is 20.0. The standard InChI is InChI=1S/C17H19N5O/c1-9-6-4-5-7-11(9)12-8-13(12)17(23)18-15-14-10(2)21-22(3)16(14)20-19-15/h4-7,12-13H,8H2,1-3H3,(H2,18,19,20,23)/t12-,13-/m0/s1. The number of carbonyl (C=O) groups is 1. The van der Waals surface area contributed by atoms with Gasteiger partial charge in [-0.3, -0.25) is 9.89 Å². The van der Waals surface area contributed by atoms with Crippen LogP contribution in [0.2, 0.25) is 0 Å². The first kappa shape index (κ1) is 14.0. The molecule has 1 saturated carbocycles. The van der Waals surface area contributed by atoms with Crippen molar-refractivity contribution in [3.63, 3.8) is 0 Å². The van der Waals surface area contributed by atoms with Gasteiger partial charge in [-0.05, 0) is 37.3 Å². The largest absolute Gasteiger partial charge is 0.310 e. The fraction of sp³-hybridized carbons (Fsp3) is 0.353. The van der Waals surface area contributed by atoms with Gasteiger partial charge in [0.05, 0.1) is 11.1 Å². The third-order valence-electron chi connectivity index (χ3n) is 4.68. The number of carbonyl (C=O) groups excluding carboxylic acids is 1. The molecule has 1 amide bonds. The van der Waals surface area contributed by atoms with E-state index in [4.69, 9.17) is 0 Å². The number of nitrogens with one attached hydrogen (secondary N) is 2. The number of aryl methyl sites for hydroxylation is 3. The number of aromatic amines is 1. The van der Waals surface area contributed by atoms with Crippen molar-refractivity contribution >= 4 is 22.8 Å². The third-order valence-corrected chi connectivity index (χ3v) is 4.68. The Morgan fingerprint density at radius 3 is 2.91 bits per heavy atom. The van der Waals surface area contributed by atoms with Crippen LogP contribution < -0.4 is 5.32 Å². The lowest BCUT2D eigenvalue weighted by Gasteiger charge is -2.05. The number of H-pyrrole nitrogens is 1. The van der Waals surface area contributed by atoms with Crippen LogP contribution >= 0.6 is 0 Å². The summed E-state index contributed by atoms with van der Waals surface area (Å²) < 4.78 is 1.71. The fourth-order valence-corrected chi connectivity index (χ4v) is 3.37. The van der Waals surface area contributed by atoms with Crippen LogP contribution in [-0.4, -0.2) is 25.9 Å². The van der Waals surface area contributed by atoms with Gasteiger partial charge in [0.2, 0.25) is 5.91 Å².